The molecule has 0 aromatic heterocycles. The highest BCUT2D eigenvalue weighted by molar-refractivity contribution is 6.05. The molecule has 0 aromatic carbocycles. The molecule has 0 radical (unpaired) electrons. The fraction of sp³-hybridized carbons (Fsp3) is 0.812. The number of aliphatic carboxylic acids is 1. The van der Waals surface area contributed by atoms with Gasteiger partial charge in [0.15, 0.2) is 0 Å². The topological polar surface area (TPSA) is 74.7 Å². The van der Waals surface area contributed by atoms with Gasteiger partial charge >= 0.3 is 5.97 Å². The summed E-state index contributed by atoms with van der Waals surface area (Å²) in [6.07, 6.45) is 3.17. The van der Waals surface area contributed by atoms with Crippen molar-refractivity contribution in [2.45, 2.75) is 52.9 Å². The van der Waals surface area contributed by atoms with E-state index in [-0.39, 0.29) is 29.6 Å². The average Bonchev–Trinajstić information content (AvgIpc) is 2.64. The van der Waals surface area contributed by atoms with E-state index < -0.39 is 11.4 Å². The molecule has 1 saturated carbocycles. The van der Waals surface area contributed by atoms with Crippen LogP contribution in [0.15, 0.2) is 0 Å². The van der Waals surface area contributed by atoms with Crippen LogP contribution in [0.4, 0.5) is 0 Å². The van der Waals surface area contributed by atoms with Crippen molar-refractivity contribution in [3.8, 4) is 0 Å². The summed E-state index contributed by atoms with van der Waals surface area (Å²) in [4.78, 5) is 37.1. The summed E-state index contributed by atoms with van der Waals surface area (Å²) < 4.78 is 0. The summed E-state index contributed by atoms with van der Waals surface area (Å²) in [5.41, 5.74) is -0.574. The Kier molecular flexibility index (Phi) is 4.40. The number of carbonyl (C=O) groups excluding carboxylic acids is 2. The molecular weight excluding hydrogens is 270 g/mol. The fourth-order valence-electron chi connectivity index (χ4n) is 3.39. The number of likely N-dealkylation sites (tertiary alicyclic amines) is 1. The van der Waals surface area contributed by atoms with Gasteiger partial charge in [0.2, 0.25) is 11.8 Å². The van der Waals surface area contributed by atoms with Crippen molar-refractivity contribution < 1.29 is 19.5 Å². The molecule has 0 bridgehead atoms. The van der Waals surface area contributed by atoms with E-state index in [1.807, 2.05) is 20.8 Å². The lowest BCUT2D eigenvalue weighted by Gasteiger charge is -2.30. The van der Waals surface area contributed by atoms with Gasteiger partial charge in [-0.05, 0) is 44.4 Å². The Bertz CT molecular complexity index is 451. The molecular formula is C16H25NO4. The third-order valence-electron chi connectivity index (χ3n) is 5.46. The molecule has 0 aromatic rings. The zero-order chi connectivity index (χ0) is 15.8. The molecule has 2 aliphatic rings. The number of carboxylic acid groups (broad SMARTS) is 1. The first-order valence-corrected chi connectivity index (χ1v) is 7.83. The van der Waals surface area contributed by atoms with Gasteiger partial charge in [0.05, 0.1) is 11.3 Å². The molecule has 1 N–H and O–H groups in total. The van der Waals surface area contributed by atoms with Crippen LogP contribution < -0.4 is 0 Å². The zero-order valence-corrected chi connectivity index (χ0v) is 13.1. The quantitative estimate of drug-likeness (QED) is 0.808. The first-order valence-electron chi connectivity index (χ1n) is 7.83. The highest BCUT2D eigenvalue weighted by atomic mass is 16.4. The molecule has 1 heterocycles. The molecule has 5 nitrogen and oxygen atoms in total. The van der Waals surface area contributed by atoms with E-state index in [4.69, 9.17) is 5.11 Å². The average molecular weight is 295 g/mol. The minimum absolute atomic E-state index is 0.0529. The molecule has 2 amide bonds. The minimum atomic E-state index is -0.728. The molecule has 5 heteroatoms. The van der Waals surface area contributed by atoms with Crippen LogP contribution in [-0.4, -0.2) is 34.3 Å². The van der Waals surface area contributed by atoms with Crippen LogP contribution >= 0.6 is 0 Å². The van der Waals surface area contributed by atoms with Crippen LogP contribution in [0.3, 0.4) is 0 Å². The SMILES string of the molecule is CC(C)C1(C)CC(=O)N(CC2CCC(C(=O)O)CC2)C1=O. The van der Waals surface area contributed by atoms with Crippen LogP contribution in [0.1, 0.15) is 52.9 Å². The van der Waals surface area contributed by atoms with Crippen molar-refractivity contribution in [3.05, 3.63) is 0 Å². The minimum Gasteiger partial charge on any atom is -0.481 e. The van der Waals surface area contributed by atoms with Crippen molar-refractivity contribution in [1.29, 1.82) is 0 Å². The molecule has 1 aliphatic carbocycles. The number of hydrogen-bond donors (Lipinski definition) is 1. The number of carboxylic acids is 1. The van der Waals surface area contributed by atoms with Gasteiger partial charge in [0, 0.05) is 13.0 Å². The lowest BCUT2D eigenvalue weighted by Crippen LogP contribution is -2.40. The maximum atomic E-state index is 12.5. The highest BCUT2D eigenvalue weighted by Crippen LogP contribution is 2.40. The van der Waals surface area contributed by atoms with Gasteiger partial charge in [-0.3, -0.25) is 19.3 Å². The summed E-state index contributed by atoms with van der Waals surface area (Å²) >= 11 is 0. The van der Waals surface area contributed by atoms with Crippen molar-refractivity contribution in [2.75, 3.05) is 6.54 Å². The number of amides is 2. The monoisotopic (exact) mass is 295 g/mol. The van der Waals surface area contributed by atoms with Crippen molar-refractivity contribution in [3.63, 3.8) is 0 Å². The predicted octanol–water partition coefficient (Wildman–Crippen LogP) is 2.30. The Balaban J connectivity index is 1.97. The normalized spacial score (nSPS) is 33.8. The van der Waals surface area contributed by atoms with Gasteiger partial charge in [0.25, 0.3) is 0 Å². The van der Waals surface area contributed by atoms with E-state index in [1.165, 1.54) is 4.90 Å². The lowest BCUT2D eigenvalue weighted by molar-refractivity contribution is -0.145. The van der Waals surface area contributed by atoms with Gasteiger partial charge < -0.3 is 5.11 Å². The molecule has 2 fully saturated rings. The van der Waals surface area contributed by atoms with E-state index in [1.54, 1.807) is 0 Å². The highest BCUT2D eigenvalue weighted by Gasteiger charge is 2.50. The van der Waals surface area contributed by atoms with Crippen molar-refractivity contribution in [2.24, 2.45) is 23.2 Å². The standard InChI is InChI=1S/C16H25NO4/c1-10(2)16(3)8-13(18)17(15(16)21)9-11-4-6-12(7-5-11)14(19)20/h10-12H,4-9H2,1-3H3,(H,19,20). The predicted molar refractivity (Wildman–Crippen MR) is 77.4 cm³/mol. The molecule has 0 spiro atoms. The number of nitrogens with zero attached hydrogens (tertiary/aromatic N) is 1. The maximum Gasteiger partial charge on any atom is 0.306 e. The van der Waals surface area contributed by atoms with E-state index in [0.717, 1.165) is 12.8 Å². The molecule has 1 aliphatic heterocycles. The van der Waals surface area contributed by atoms with E-state index in [2.05, 4.69) is 0 Å². The van der Waals surface area contributed by atoms with E-state index >= 15 is 0 Å². The second kappa shape index (κ2) is 5.78. The van der Waals surface area contributed by atoms with Crippen LogP contribution in [0.25, 0.3) is 0 Å². The first-order chi connectivity index (χ1) is 9.75. The van der Waals surface area contributed by atoms with Gasteiger partial charge in [0.1, 0.15) is 0 Å². The van der Waals surface area contributed by atoms with Crippen LogP contribution in [0, 0.1) is 23.2 Å². The second-order valence-electron chi connectivity index (χ2n) is 7.11. The summed E-state index contributed by atoms with van der Waals surface area (Å²) in [6, 6.07) is 0. The number of imide groups is 1. The maximum absolute atomic E-state index is 12.5. The Hall–Kier alpha value is -1.39. The third kappa shape index (κ3) is 2.97. The molecule has 2 rings (SSSR count). The fourth-order valence-corrected chi connectivity index (χ4v) is 3.39. The lowest BCUT2D eigenvalue weighted by atomic mass is 9.77. The Morgan fingerprint density at radius 2 is 1.86 bits per heavy atom. The first kappa shape index (κ1) is 16.0. The van der Waals surface area contributed by atoms with E-state index in [9.17, 15) is 14.4 Å². The Morgan fingerprint density at radius 3 is 2.29 bits per heavy atom. The van der Waals surface area contributed by atoms with Crippen LogP contribution in [0.5, 0.6) is 0 Å². The van der Waals surface area contributed by atoms with Gasteiger partial charge in [-0.25, -0.2) is 0 Å². The smallest absolute Gasteiger partial charge is 0.306 e. The number of rotatable bonds is 4. The van der Waals surface area contributed by atoms with E-state index in [0.29, 0.717) is 25.8 Å². The summed E-state index contributed by atoms with van der Waals surface area (Å²) in [6.45, 7) is 6.30. The summed E-state index contributed by atoms with van der Waals surface area (Å²) in [5, 5.41) is 9.00. The van der Waals surface area contributed by atoms with Gasteiger partial charge in [-0.1, -0.05) is 13.8 Å². The largest absolute Gasteiger partial charge is 0.481 e. The molecule has 1 atom stereocenters. The molecule has 1 saturated heterocycles. The summed E-state index contributed by atoms with van der Waals surface area (Å²) in [7, 11) is 0. The van der Waals surface area contributed by atoms with Crippen LogP contribution in [0.2, 0.25) is 0 Å². The summed E-state index contributed by atoms with van der Waals surface area (Å²) in [5.74, 6) is -0.717. The number of carbonyl (C=O) groups is 3. The van der Waals surface area contributed by atoms with Gasteiger partial charge in [-0.15, -0.1) is 0 Å². The number of hydrogen-bond acceptors (Lipinski definition) is 3. The van der Waals surface area contributed by atoms with Gasteiger partial charge in [-0.2, -0.15) is 0 Å². The Labute approximate surface area is 125 Å². The van der Waals surface area contributed by atoms with Crippen molar-refractivity contribution >= 4 is 17.8 Å². The van der Waals surface area contributed by atoms with Crippen molar-refractivity contribution in [1.82, 2.24) is 4.90 Å². The zero-order valence-electron chi connectivity index (χ0n) is 13.1. The molecule has 118 valence electrons. The Morgan fingerprint density at radius 1 is 1.29 bits per heavy atom. The van der Waals surface area contributed by atoms with Crippen LogP contribution in [-0.2, 0) is 14.4 Å². The molecule has 1 unspecified atom stereocenters. The third-order valence-corrected chi connectivity index (χ3v) is 5.46. The second-order valence-corrected chi connectivity index (χ2v) is 7.11. The molecule has 21 heavy (non-hydrogen) atoms.